The average molecular weight is 271 g/mol. The van der Waals surface area contributed by atoms with Gasteiger partial charge in [-0.2, -0.15) is 0 Å². The van der Waals surface area contributed by atoms with E-state index in [9.17, 15) is 0 Å². The fourth-order valence-corrected chi connectivity index (χ4v) is 2.37. The number of rotatable bonds is 4. The molecule has 1 heterocycles. The summed E-state index contributed by atoms with van der Waals surface area (Å²) >= 11 is 0. The van der Waals surface area contributed by atoms with Crippen LogP contribution in [0.15, 0.2) is 42.5 Å². The number of ether oxygens (including phenoxy) is 3. The standard InChI is InChI=1S/C16H17NO3/c1-18-14-8-11(9-15-16(14)20-10-19-15)7-13(17)12-5-3-2-4-6-12/h2-6,8-9,13H,7,10,17H2,1H3. The maximum absolute atomic E-state index is 6.25. The van der Waals surface area contributed by atoms with Crippen molar-refractivity contribution in [3.05, 3.63) is 53.6 Å². The Bertz CT molecular complexity index is 598. The smallest absolute Gasteiger partial charge is 0.231 e. The van der Waals surface area contributed by atoms with E-state index in [1.165, 1.54) is 0 Å². The van der Waals surface area contributed by atoms with Crippen LogP contribution in [0.4, 0.5) is 0 Å². The second kappa shape index (κ2) is 5.43. The number of nitrogens with two attached hydrogens (primary N) is 1. The zero-order valence-corrected chi connectivity index (χ0v) is 11.3. The van der Waals surface area contributed by atoms with Crippen LogP contribution in [0.3, 0.4) is 0 Å². The van der Waals surface area contributed by atoms with Gasteiger partial charge in [-0.15, -0.1) is 0 Å². The highest BCUT2D eigenvalue weighted by Crippen LogP contribution is 2.42. The van der Waals surface area contributed by atoms with Gasteiger partial charge in [-0.25, -0.2) is 0 Å². The van der Waals surface area contributed by atoms with Gasteiger partial charge in [-0.1, -0.05) is 30.3 Å². The molecule has 1 aliphatic heterocycles. The van der Waals surface area contributed by atoms with Gasteiger partial charge in [0.25, 0.3) is 0 Å². The normalized spacial score (nSPS) is 14.1. The summed E-state index contributed by atoms with van der Waals surface area (Å²) in [6, 6.07) is 13.9. The lowest BCUT2D eigenvalue weighted by Gasteiger charge is -2.13. The lowest BCUT2D eigenvalue weighted by molar-refractivity contribution is 0.171. The fourth-order valence-electron chi connectivity index (χ4n) is 2.37. The van der Waals surface area contributed by atoms with Gasteiger partial charge in [0, 0.05) is 6.04 Å². The molecule has 1 atom stereocenters. The predicted octanol–water partition coefficient (Wildman–Crippen LogP) is 2.67. The van der Waals surface area contributed by atoms with Crippen LogP contribution in [0.25, 0.3) is 0 Å². The molecule has 0 saturated carbocycles. The van der Waals surface area contributed by atoms with Crippen molar-refractivity contribution in [2.24, 2.45) is 5.73 Å². The molecule has 2 aromatic carbocycles. The molecule has 3 rings (SSSR count). The molecule has 0 aliphatic carbocycles. The Kier molecular flexibility index (Phi) is 3.48. The van der Waals surface area contributed by atoms with Crippen LogP contribution < -0.4 is 19.9 Å². The van der Waals surface area contributed by atoms with E-state index in [0.29, 0.717) is 11.5 Å². The van der Waals surface area contributed by atoms with E-state index < -0.39 is 0 Å². The SMILES string of the molecule is COc1cc(CC(N)c2ccccc2)cc2c1OCO2. The maximum atomic E-state index is 6.25. The largest absolute Gasteiger partial charge is 0.493 e. The van der Waals surface area contributed by atoms with Crippen LogP contribution in [0.1, 0.15) is 17.2 Å². The van der Waals surface area contributed by atoms with E-state index in [0.717, 1.165) is 23.3 Å². The molecule has 4 nitrogen and oxygen atoms in total. The summed E-state index contributed by atoms with van der Waals surface area (Å²) in [4.78, 5) is 0. The first-order valence-corrected chi connectivity index (χ1v) is 6.55. The molecule has 0 saturated heterocycles. The van der Waals surface area contributed by atoms with Crippen LogP contribution >= 0.6 is 0 Å². The summed E-state index contributed by atoms with van der Waals surface area (Å²) in [7, 11) is 1.62. The van der Waals surface area contributed by atoms with Crippen molar-refractivity contribution < 1.29 is 14.2 Å². The number of fused-ring (bicyclic) bond motifs is 1. The topological polar surface area (TPSA) is 53.7 Å². The highest BCUT2D eigenvalue weighted by atomic mass is 16.7. The first-order chi connectivity index (χ1) is 9.78. The Hall–Kier alpha value is -2.20. The number of hydrogen-bond acceptors (Lipinski definition) is 4. The second-order valence-electron chi connectivity index (χ2n) is 4.75. The van der Waals surface area contributed by atoms with Gasteiger partial charge in [-0.05, 0) is 29.7 Å². The van der Waals surface area contributed by atoms with Gasteiger partial charge in [0.05, 0.1) is 7.11 Å². The minimum Gasteiger partial charge on any atom is -0.493 e. The summed E-state index contributed by atoms with van der Waals surface area (Å²) in [5, 5.41) is 0. The fraction of sp³-hybridized carbons (Fsp3) is 0.250. The molecule has 0 spiro atoms. The summed E-state index contributed by atoms with van der Waals surface area (Å²) in [6.45, 7) is 0.236. The van der Waals surface area contributed by atoms with Crippen molar-refractivity contribution in [3.63, 3.8) is 0 Å². The van der Waals surface area contributed by atoms with Crippen LogP contribution in [0, 0.1) is 0 Å². The molecule has 0 radical (unpaired) electrons. The zero-order valence-electron chi connectivity index (χ0n) is 11.3. The summed E-state index contributed by atoms with van der Waals surface area (Å²) in [6.07, 6.45) is 0.719. The summed E-state index contributed by atoms with van der Waals surface area (Å²) in [5.74, 6) is 2.08. The Balaban J connectivity index is 1.84. The van der Waals surface area contributed by atoms with E-state index in [1.54, 1.807) is 7.11 Å². The lowest BCUT2D eigenvalue weighted by atomic mass is 9.99. The second-order valence-corrected chi connectivity index (χ2v) is 4.75. The van der Waals surface area contributed by atoms with E-state index in [4.69, 9.17) is 19.9 Å². The van der Waals surface area contributed by atoms with Gasteiger partial charge in [0.2, 0.25) is 12.5 Å². The van der Waals surface area contributed by atoms with Crippen LogP contribution in [0.5, 0.6) is 17.2 Å². The van der Waals surface area contributed by atoms with Gasteiger partial charge >= 0.3 is 0 Å². The Labute approximate surface area is 118 Å². The van der Waals surface area contributed by atoms with E-state index >= 15 is 0 Å². The van der Waals surface area contributed by atoms with Crippen LogP contribution in [-0.2, 0) is 6.42 Å². The molecule has 1 aliphatic rings. The van der Waals surface area contributed by atoms with Gasteiger partial charge < -0.3 is 19.9 Å². The zero-order chi connectivity index (χ0) is 13.9. The Morgan fingerprint density at radius 2 is 2.00 bits per heavy atom. The molecular formula is C16H17NO3. The molecule has 0 amide bonds. The Morgan fingerprint density at radius 3 is 2.75 bits per heavy atom. The average Bonchev–Trinajstić information content (AvgIpc) is 2.95. The number of benzene rings is 2. The van der Waals surface area contributed by atoms with Crippen molar-refractivity contribution in [1.29, 1.82) is 0 Å². The monoisotopic (exact) mass is 271 g/mol. The highest BCUT2D eigenvalue weighted by Gasteiger charge is 2.20. The molecule has 2 N–H and O–H groups in total. The molecule has 2 aromatic rings. The van der Waals surface area contributed by atoms with E-state index in [2.05, 4.69) is 0 Å². The first-order valence-electron chi connectivity index (χ1n) is 6.55. The maximum Gasteiger partial charge on any atom is 0.231 e. The highest BCUT2D eigenvalue weighted by molar-refractivity contribution is 5.55. The van der Waals surface area contributed by atoms with E-state index in [1.807, 2.05) is 42.5 Å². The number of hydrogen-bond donors (Lipinski definition) is 1. The van der Waals surface area contributed by atoms with Crippen molar-refractivity contribution >= 4 is 0 Å². The van der Waals surface area contributed by atoms with Crippen molar-refractivity contribution in [2.45, 2.75) is 12.5 Å². The van der Waals surface area contributed by atoms with Gasteiger partial charge in [-0.3, -0.25) is 0 Å². The van der Waals surface area contributed by atoms with Crippen molar-refractivity contribution in [3.8, 4) is 17.2 Å². The third kappa shape index (κ3) is 2.42. The molecule has 4 heteroatoms. The first kappa shape index (κ1) is 12.8. The quantitative estimate of drug-likeness (QED) is 0.929. The lowest BCUT2D eigenvalue weighted by Crippen LogP contribution is -2.13. The van der Waals surface area contributed by atoms with Crippen LogP contribution in [0.2, 0.25) is 0 Å². The molecule has 0 aromatic heterocycles. The molecular weight excluding hydrogens is 254 g/mol. The predicted molar refractivity (Wildman–Crippen MR) is 76.2 cm³/mol. The third-order valence-electron chi connectivity index (χ3n) is 3.40. The Morgan fingerprint density at radius 1 is 1.20 bits per heavy atom. The third-order valence-corrected chi connectivity index (χ3v) is 3.40. The van der Waals surface area contributed by atoms with E-state index in [-0.39, 0.29) is 12.8 Å². The van der Waals surface area contributed by atoms with Crippen molar-refractivity contribution in [2.75, 3.05) is 13.9 Å². The minimum absolute atomic E-state index is 0.0544. The molecule has 20 heavy (non-hydrogen) atoms. The molecule has 104 valence electrons. The minimum atomic E-state index is -0.0544. The van der Waals surface area contributed by atoms with Gasteiger partial charge in [0.15, 0.2) is 11.5 Å². The molecule has 0 bridgehead atoms. The summed E-state index contributed by atoms with van der Waals surface area (Å²) < 4.78 is 16.2. The number of methoxy groups -OCH3 is 1. The molecule has 1 unspecified atom stereocenters. The molecule has 0 fully saturated rings. The summed E-state index contributed by atoms with van der Waals surface area (Å²) in [5.41, 5.74) is 8.44. The van der Waals surface area contributed by atoms with Crippen LogP contribution in [-0.4, -0.2) is 13.9 Å². The van der Waals surface area contributed by atoms with Crippen molar-refractivity contribution in [1.82, 2.24) is 0 Å². The van der Waals surface area contributed by atoms with Gasteiger partial charge in [0.1, 0.15) is 0 Å².